The molecule has 0 spiro atoms. The number of nitrogens with one attached hydrogen (secondary N) is 1. The van der Waals surface area contributed by atoms with E-state index in [9.17, 15) is 31.9 Å². The fourth-order valence-corrected chi connectivity index (χ4v) is 6.29. The van der Waals surface area contributed by atoms with Crippen LogP contribution in [0, 0.1) is 20.8 Å². The topological polar surface area (TPSA) is 96.9 Å². The van der Waals surface area contributed by atoms with E-state index >= 15 is 0 Å². The van der Waals surface area contributed by atoms with Crippen molar-refractivity contribution in [1.82, 2.24) is 14.9 Å². The number of carbonyl (C=O) groups excluding carboxylic acids is 1. The van der Waals surface area contributed by atoms with Crippen LogP contribution >= 0.6 is 11.6 Å². The Labute approximate surface area is 284 Å². The lowest BCUT2D eigenvalue weighted by Crippen LogP contribution is -2.45. The lowest BCUT2D eigenvalue weighted by atomic mass is 9.88. The van der Waals surface area contributed by atoms with Gasteiger partial charge in [0, 0.05) is 49.2 Å². The first-order valence-corrected chi connectivity index (χ1v) is 15.6. The predicted octanol–water partition coefficient (Wildman–Crippen LogP) is 7.11. The van der Waals surface area contributed by atoms with E-state index in [0.29, 0.717) is 35.5 Å². The smallest absolute Gasteiger partial charge is 0.416 e. The summed E-state index contributed by atoms with van der Waals surface area (Å²) >= 11 is 6.50. The van der Waals surface area contributed by atoms with Gasteiger partial charge in [-0.1, -0.05) is 29.3 Å². The van der Waals surface area contributed by atoms with Crippen LogP contribution in [0.3, 0.4) is 0 Å². The Morgan fingerprint density at radius 2 is 1.67 bits per heavy atom. The zero-order valence-corrected chi connectivity index (χ0v) is 27.7. The molecule has 49 heavy (non-hydrogen) atoms. The molecule has 0 saturated carbocycles. The number of rotatable bonds is 9. The third kappa shape index (κ3) is 8.14. The molecule has 15 heteroatoms. The number of hydrogen-bond donors (Lipinski definition) is 1. The summed E-state index contributed by atoms with van der Waals surface area (Å²) in [5.41, 5.74) is 2.01. The first kappa shape index (κ1) is 35.6. The van der Waals surface area contributed by atoms with Gasteiger partial charge in [0.2, 0.25) is 5.95 Å². The summed E-state index contributed by atoms with van der Waals surface area (Å²) in [7, 11) is 1.97. The second-order valence-electron chi connectivity index (χ2n) is 11.8. The van der Waals surface area contributed by atoms with Gasteiger partial charge in [0.25, 0.3) is 0 Å². The molecule has 9 nitrogen and oxygen atoms in total. The van der Waals surface area contributed by atoms with Crippen molar-refractivity contribution in [2.45, 2.75) is 39.6 Å². The number of hydrogen-bond acceptors (Lipinski definition) is 8. The van der Waals surface area contributed by atoms with Gasteiger partial charge in [-0.3, -0.25) is 0 Å². The molecule has 1 atom stereocenters. The number of alkyl halides is 5. The van der Waals surface area contributed by atoms with Crippen LogP contribution in [0.2, 0.25) is 5.02 Å². The standard InChI is InChI=1S/C34H34ClF5N6O3/c1-19-15-20(2)29(21(3)16-19)30(24-17-22(34(38,39)40)5-7-25(24)35)46(33(47)48)28-9-10-41-32(43-28)42-23-6-8-26(27(18-23)49-31(36)37)45-13-11-44(4)12-14-45/h5-10,15-18,30-31H,11-14H2,1-4H3,(H,47,48)(H,41,42,43)/p-1. The van der Waals surface area contributed by atoms with E-state index in [4.69, 9.17) is 16.3 Å². The summed E-state index contributed by atoms with van der Waals surface area (Å²) in [6.07, 6.45) is -5.27. The van der Waals surface area contributed by atoms with Crippen molar-refractivity contribution in [3.05, 3.63) is 99.2 Å². The normalized spacial score (nSPS) is 14.6. The lowest BCUT2D eigenvalue weighted by molar-refractivity contribution is -0.247. The van der Waals surface area contributed by atoms with Gasteiger partial charge in [-0.2, -0.15) is 26.9 Å². The Hall–Kier alpha value is -4.69. The Balaban J connectivity index is 1.58. The quantitative estimate of drug-likeness (QED) is 0.184. The van der Waals surface area contributed by atoms with Crippen LogP contribution in [-0.2, 0) is 6.18 Å². The van der Waals surface area contributed by atoms with E-state index in [1.807, 2.05) is 18.9 Å². The van der Waals surface area contributed by atoms with Gasteiger partial charge in [0.15, 0.2) is 5.75 Å². The summed E-state index contributed by atoms with van der Waals surface area (Å²) in [5.74, 6) is -0.458. The van der Waals surface area contributed by atoms with E-state index in [1.165, 1.54) is 18.3 Å². The third-order valence-electron chi connectivity index (χ3n) is 8.25. The summed E-state index contributed by atoms with van der Waals surface area (Å²) in [4.78, 5) is 26.3. The van der Waals surface area contributed by atoms with Crippen LogP contribution in [0.1, 0.15) is 39.4 Å². The first-order valence-electron chi connectivity index (χ1n) is 15.2. The number of halogens is 6. The van der Waals surface area contributed by atoms with Gasteiger partial charge < -0.3 is 34.7 Å². The molecule has 5 rings (SSSR count). The maximum atomic E-state index is 13.9. The molecule has 1 fully saturated rings. The maximum absolute atomic E-state index is 13.9. The number of aryl methyl sites for hydroxylation is 3. The van der Waals surface area contributed by atoms with Gasteiger partial charge >= 0.3 is 12.8 Å². The number of benzene rings is 3. The van der Waals surface area contributed by atoms with Crippen LogP contribution in [0.5, 0.6) is 5.75 Å². The largest absolute Gasteiger partial charge is 0.530 e. The summed E-state index contributed by atoms with van der Waals surface area (Å²) < 4.78 is 73.4. The fourth-order valence-electron chi connectivity index (χ4n) is 6.07. The number of amides is 1. The predicted molar refractivity (Wildman–Crippen MR) is 175 cm³/mol. The van der Waals surface area contributed by atoms with E-state index in [1.54, 1.807) is 38.1 Å². The summed E-state index contributed by atoms with van der Waals surface area (Å²) in [6, 6.07) is 10.7. The molecule has 1 amide bonds. The van der Waals surface area contributed by atoms with Crippen molar-refractivity contribution >= 4 is 40.8 Å². The molecular formula is C34H33ClF5N6O3-. The average Bonchev–Trinajstić information content (AvgIpc) is 3.00. The van der Waals surface area contributed by atoms with Crippen molar-refractivity contribution in [2.75, 3.05) is 48.3 Å². The van der Waals surface area contributed by atoms with Crippen molar-refractivity contribution in [3.63, 3.8) is 0 Å². The second kappa shape index (κ2) is 14.4. The lowest BCUT2D eigenvalue weighted by Gasteiger charge is -2.36. The molecule has 0 bridgehead atoms. The Morgan fingerprint density at radius 3 is 2.29 bits per heavy atom. The van der Waals surface area contributed by atoms with Crippen LogP contribution < -0.4 is 25.0 Å². The molecule has 1 N–H and O–H groups in total. The summed E-state index contributed by atoms with van der Waals surface area (Å²) in [6.45, 7) is 4.85. The molecule has 1 aliphatic rings. The Morgan fingerprint density at radius 1 is 1.00 bits per heavy atom. The third-order valence-corrected chi connectivity index (χ3v) is 8.59. The van der Waals surface area contributed by atoms with E-state index in [-0.39, 0.29) is 33.8 Å². The minimum Gasteiger partial charge on any atom is -0.530 e. The highest BCUT2D eigenvalue weighted by Crippen LogP contribution is 2.42. The fraction of sp³-hybridized carbons (Fsp3) is 0.324. The molecule has 1 unspecified atom stereocenters. The molecule has 260 valence electrons. The minimum atomic E-state index is -4.74. The van der Waals surface area contributed by atoms with Gasteiger partial charge in [-0.05, 0) is 86.5 Å². The van der Waals surface area contributed by atoms with Gasteiger partial charge in [0.1, 0.15) is 11.9 Å². The molecule has 1 aromatic heterocycles. The number of carbonyl (C=O) groups is 1. The molecule has 1 saturated heterocycles. The molecule has 1 aliphatic heterocycles. The van der Waals surface area contributed by atoms with Crippen LogP contribution in [0.25, 0.3) is 0 Å². The van der Waals surface area contributed by atoms with E-state index < -0.39 is 30.5 Å². The summed E-state index contributed by atoms with van der Waals surface area (Å²) in [5, 5.41) is 15.8. The molecule has 2 heterocycles. The highest BCUT2D eigenvalue weighted by Gasteiger charge is 2.35. The van der Waals surface area contributed by atoms with Crippen LogP contribution in [0.4, 0.5) is 49.9 Å². The van der Waals surface area contributed by atoms with Crippen LogP contribution in [0.15, 0.2) is 60.8 Å². The Bertz CT molecular complexity index is 1810. The number of likely N-dealkylation sites (N-methyl/N-ethyl adjacent to an activating group) is 1. The van der Waals surface area contributed by atoms with Crippen molar-refractivity contribution in [3.8, 4) is 5.75 Å². The number of nitrogens with zero attached hydrogens (tertiary/aromatic N) is 5. The highest BCUT2D eigenvalue weighted by molar-refractivity contribution is 6.31. The van der Waals surface area contributed by atoms with Crippen LogP contribution in [-0.4, -0.2) is 60.8 Å². The number of piperazine rings is 1. The minimum absolute atomic E-state index is 0.0818. The Kier molecular flexibility index (Phi) is 10.5. The SMILES string of the molecule is Cc1cc(C)c(C(c2cc(C(F)(F)F)ccc2Cl)N(C(=O)[O-])c2ccnc(Nc3ccc(N4CCN(C)CC4)c(OC(F)F)c3)n2)c(C)c1. The maximum Gasteiger partial charge on any atom is 0.416 e. The first-order chi connectivity index (χ1) is 23.1. The average molecular weight is 704 g/mol. The van der Waals surface area contributed by atoms with E-state index in [2.05, 4.69) is 20.2 Å². The molecule has 0 radical (unpaired) electrons. The molecule has 0 aliphatic carbocycles. The molecular weight excluding hydrogens is 671 g/mol. The van der Waals surface area contributed by atoms with Gasteiger partial charge in [0.05, 0.1) is 17.3 Å². The highest BCUT2D eigenvalue weighted by atomic mass is 35.5. The van der Waals surface area contributed by atoms with Gasteiger partial charge in [-0.25, -0.2) is 4.98 Å². The molecule has 3 aromatic carbocycles. The van der Waals surface area contributed by atoms with Gasteiger partial charge in [-0.15, -0.1) is 0 Å². The monoisotopic (exact) mass is 703 g/mol. The number of ether oxygens (including phenoxy) is 1. The van der Waals surface area contributed by atoms with E-state index in [0.717, 1.165) is 41.8 Å². The number of carboxylic acid groups (broad SMARTS) is 1. The second-order valence-corrected chi connectivity index (χ2v) is 12.2. The zero-order chi connectivity index (χ0) is 35.6. The number of aromatic nitrogens is 2. The zero-order valence-electron chi connectivity index (χ0n) is 27.0. The van der Waals surface area contributed by atoms with Crippen molar-refractivity contribution in [1.29, 1.82) is 0 Å². The number of anilines is 4. The van der Waals surface area contributed by atoms with Crippen molar-refractivity contribution < 1.29 is 36.6 Å². The van der Waals surface area contributed by atoms with Crippen molar-refractivity contribution in [2.24, 2.45) is 0 Å². The molecule has 4 aromatic rings.